The van der Waals surface area contributed by atoms with Crippen molar-refractivity contribution in [1.29, 1.82) is 0 Å². The molecule has 0 fully saturated rings. The fourth-order valence-electron chi connectivity index (χ4n) is 2.43. The number of alkyl halides is 1. The second-order valence-electron chi connectivity index (χ2n) is 4.74. The molecule has 0 N–H and O–H groups in total. The van der Waals surface area contributed by atoms with E-state index in [1.807, 2.05) is 23.1 Å². The fourth-order valence-corrected chi connectivity index (χ4v) is 4.78. The predicted molar refractivity (Wildman–Crippen MR) is 86.7 cm³/mol. The molecule has 1 aromatic heterocycles. The Hall–Kier alpha value is -0.640. The lowest BCUT2D eigenvalue weighted by atomic mass is 10.1. The number of hydrogen-bond acceptors (Lipinski definition) is 3. The van der Waals surface area contributed by atoms with Crippen LogP contribution in [-0.4, -0.2) is 12.4 Å². The molecule has 1 aliphatic rings. The van der Waals surface area contributed by atoms with Crippen molar-refractivity contribution in [2.75, 3.05) is 17.3 Å². The number of halogens is 1. The SMILES string of the molecule is Cc1ccc2c(c1C)N(CCCCl)c1ccsc1S2. The molecule has 3 rings (SSSR count). The number of aryl methyl sites for hydroxylation is 1. The number of fused-ring (bicyclic) bond motifs is 2. The van der Waals surface area contributed by atoms with E-state index in [4.69, 9.17) is 11.6 Å². The monoisotopic (exact) mass is 309 g/mol. The lowest BCUT2D eigenvalue weighted by Gasteiger charge is -2.32. The standard InChI is InChI=1S/C15H16ClNS2/c1-10-4-5-13-14(11(10)2)17(8-3-7-16)12-6-9-18-15(12)19-13/h4-6,9H,3,7-8H2,1-2H3. The third-order valence-electron chi connectivity index (χ3n) is 3.55. The highest BCUT2D eigenvalue weighted by atomic mass is 35.5. The van der Waals surface area contributed by atoms with Crippen LogP contribution in [0.5, 0.6) is 0 Å². The smallest absolute Gasteiger partial charge is 0.0884 e. The average Bonchev–Trinajstić information content (AvgIpc) is 2.87. The molecule has 0 saturated carbocycles. The summed E-state index contributed by atoms with van der Waals surface area (Å²) in [6.45, 7) is 5.40. The van der Waals surface area contributed by atoms with Crippen molar-refractivity contribution in [3.05, 3.63) is 34.7 Å². The molecule has 1 nitrogen and oxygen atoms in total. The van der Waals surface area contributed by atoms with Gasteiger partial charge in [0.25, 0.3) is 0 Å². The van der Waals surface area contributed by atoms with Crippen LogP contribution in [-0.2, 0) is 0 Å². The first-order chi connectivity index (χ1) is 9.22. The van der Waals surface area contributed by atoms with Crippen LogP contribution in [0, 0.1) is 13.8 Å². The first-order valence-corrected chi connectivity index (χ1v) is 8.64. The highest BCUT2D eigenvalue weighted by Crippen LogP contribution is 2.52. The Morgan fingerprint density at radius 3 is 2.84 bits per heavy atom. The Labute approximate surface area is 127 Å². The highest BCUT2D eigenvalue weighted by Gasteiger charge is 2.26. The van der Waals surface area contributed by atoms with Gasteiger partial charge in [-0.25, -0.2) is 0 Å². The summed E-state index contributed by atoms with van der Waals surface area (Å²) in [5.74, 6) is 0.712. The van der Waals surface area contributed by atoms with Crippen LogP contribution in [0.15, 0.2) is 32.7 Å². The molecular formula is C15H16ClNS2. The summed E-state index contributed by atoms with van der Waals surface area (Å²) in [5, 5.41) is 2.18. The Morgan fingerprint density at radius 2 is 2.05 bits per heavy atom. The van der Waals surface area contributed by atoms with E-state index in [1.165, 1.54) is 31.6 Å². The molecule has 0 bridgehead atoms. The number of nitrogens with zero attached hydrogens (tertiary/aromatic N) is 1. The molecule has 1 aliphatic heterocycles. The van der Waals surface area contributed by atoms with Crippen LogP contribution in [0.2, 0.25) is 0 Å². The largest absolute Gasteiger partial charge is 0.339 e. The van der Waals surface area contributed by atoms with Gasteiger partial charge in [0, 0.05) is 17.3 Å². The molecule has 0 amide bonds. The minimum Gasteiger partial charge on any atom is -0.339 e. The van der Waals surface area contributed by atoms with E-state index >= 15 is 0 Å². The molecule has 4 heteroatoms. The summed E-state index contributed by atoms with van der Waals surface area (Å²) in [6, 6.07) is 6.70. The van der Waals surface area contributed by atoms with Gasteiger partial charge in [-0.3, -0.25) is 0 Å². The van der Waals surface area contributed by atoms with Crippen molar-refractivity contribution in [2.24, 2.45) is 0 Å². The van der Waals surface area contributed by atoms with Crippen molar-refractivity contribution in [1.82, 2.24) is 0 Å². The summed E-state index contributed by atoms with van der Waals surface area (Å²) in [7, 11) is 0. The third kappa shape index (κ3) is 2.28. The Kier molecular flexibility index (Phi) is 3.79. The van der Waals surface area contributed by atoms with Gasteiger partial charge in [-0.15, -0.1) is 22.9 Å². The molecule has 2 heterocycles. The van der Waals surface area contributed by atoms with Gasteiger partial charge >= 0.3 is 0 Å². The molecule has 0 saturated heterocycles. The fraction of sp³-hybridized carbons (Fsp3) is 0.333. The van der Waals surface area contributed by atoms with Crippen molar-refractivity contribution >= 4 is 46.1 Å². The Bertz CT molecular complexity index is 606. The highest BCUT2D eigenvalue weighted by molar-refractivity contribution is 8.01. The maximum atomic E-state index is 5.89. The summed E-state index contributed by atoms with van der Waals surface area (Å²) in [6.07, 6.45) is 1.01. The van der Waals surface area contributed by atoms with Crippen LogP contribution < -0.4 is 4.90 Å². The molecule has 100 valence electrons. The van der Waals surface area contributed by atoms with Crippen LogP contribution in [0.25, 0.3) is 0 Å². The maximum absolute atomic E-state index is 5.89. The van der Waals surface area contributed by atoms with E-state index in [0.717, 1.165) is 13.0 Å². The molecule has 0 spiro atoms. The minimum atomic E-state index is 0.712. The zero-order valence-electron chi connectivity index (χ0n) is 11.1. The van der Waals surface area contributed by atoms with Crippen LogP contribution in [0.3, 0.4) is 0 Å². The van der Waals surface area contributed by atoms with E-state index in [-0.39, 0.29) is 0 Å². The number of thiophene rings is 1. The van der Waals surface area contributed by atoms with Crippen LogP contribution >= 0.6 is 34.7 Å². The lowest BCUT2D eigenvalue weighted by Crippen LogP contribution is -2.22. The number of hydrogen-bond donors (Lipinski definition) is 0. The van der Waals surface area contributed by atoms with Gasteiger partial charge in [0.2, 0.25) is 0 Å². The lowest BCUT2D eigenvalue weighted by molar-refractivity contribution is 0.870. The first-order valence-electron chi connectivity index (χ1n) is 6.41. The molecule has 0 atom stereocenters. The van der Waals surface area contributed by atoms with E-state index in [0.29, 0.717) is 5.88 Å². The zero-order chi connectivity index (χ0) is 13.4. The predicted octanol–water partition coefficient (Wildman–Crippen LogP) is 5.60. The third-order valence-corrected chi connectivity index (χ3v) is 6.00. The van der Waals surface area contributed by atoms with Crippen molar-refractivity contribution in [3.63, 3.8) is 0 Å². The van der Waals surface area contributed by atoms with Crippen LogP contribution in [0.4, 0.5) is 11.4 Å². The second-order valence-corrected chi connectivity index (χ2v) is 7.35. The molecule has 1 aromatic carbocycles. The molecule has 2 aromatic rings. The molecule has 0 aliphatic carbocycles. The minimum absolute atomic E-state index is 0.712. The van der Waals surface area contributed by atoms with Crippen molar-refractivity contribution < 1.29 is 0 Å². The van der Waals surface area contributed by atoms with Gasteiger partial charge in [0.15, 0.2) is 0 Å². The van der Waals surface area contributed by atoms with E-state index in [2.05, 4.69) is 42.3 Å². The number of benzene rings is 1. The van der Waals surface area contributed by atoms with Gasteiger partial charge in [0.1, 0.15) is 0 Å². The summed E-state index contributed by atoms with van der Waals surface area (Å²) in [5.41, 5.74) is 5.47. The average molecular weight is 310 g/mol. The number of anilines is 2. The van der Waals surface area contributed by atoms with E-state index in [1.54, 1.807) is 0 Å². The quantitative estimate of drug-likeness (QED) is 0.679. The Balaban J connectivity index is 2.12. The van der Waals surface area contributed by atoms with Gasteiger partial charge in [-0.05, 0) is 48.9 Å². The van der Waals surface area contributed by atoms with Crippen molar-refractivity contribution in [2.45, 2.75) is 29.4 Å². The number of rotatable bonds is 3. The van der Waals surface area contributed by atoms with E-state index < -0.39 is 0 Å². The molecule has 19 heavy (non-hydrogen) atoms. The molecule has 0 unspecified atom stereocenters. The van der Waals surface area contributed by atoms with Gasteiger partial charge in [-0.1, -0.05) is 17.8 Å². The van der Waals surface area contributed by atoms with Crippen LogP contribution in [0.1, 0.15) is 17.5 Å². The van der Waals surface area contributed by atoms with E-state index in [9.17, 15) is 0 Å². The molecular weight excluding hydrogens is 294 g/mol. The van der Waals surface area contributed by atoms with Gasteiger partial charge in [-0.2, -0.15) is 0 Å². The van der Waals surface area contributed by atoms with Gasteiger partial charge < -0.3 is 4.90 Å². The Morgan fingerprint density at radius 1 is 1.21 bits per heavy atom. The maximum Gasteiger partial charge on any atom is 0.0884 e. The van der Waals surface area contributed by atoms with Crippen molar-refractivity contribution in [3.8, 4) is 0 Å². The summed E-state index contributed by atoms with van der Waals surface area (Å²) in [4.78, 5) is 3.81. The topological polar surface area (TPSA) is 3.24 Å². The second kappa shape index (κ2) is 5.39. The molecule has 0 radical (unpaired) electrons. The summed E-state index contributed by atoms with van der Waals surface area (Å²) < 4.78 is 1.39. The summed E-state index contributed by atoms with van der Waals surface area (Å²) >= 11 is 9.61. The first kappa shape index (κ1) is 13.3. The zero-order valence-corrected chi connectivity index (χ0v) is 13.5. The normalized spacial score (nSPS) is 13.3. The van der Waals surface area contributed by atoms with Gasteiger partial charge in [0.05, 0.1) is 15.6 Å².